The second kappa shape index (κ2) is 5.54. The molecule has 0 aromatic carbocycles. The van der Waals surface area contributed by atoms with E-state index in [4.69, 9.17) is 5.73 Å². The highest BCUT2D eigenvalue weighted by molar-refractivity contribution is 5.92. The van der Waals surface area contributed by atoms with E-state index in [2.05, 4.69) is 26.1 Å². The number of nitrogens with zero attached hydrogens (tertiary/aromatic N) is 1. The summed E-state index contributed by atoms with van der Waals surface area (Å²) in [5.74, 6) is -0.0262. The molecule has 4 heteroatoms. The first-order chi connectivity index (χ1) is 7.83. The molecule has 1 rings (SSSR count). The van der Waals surface area contributed by atoms with E-state index in [-0.39, 0.29) is 11.4 Å². The van der Waals surface area contributed by atoms with E-state index >= 15 is 0 Å². The summed E-state index contributed by atoms with van der Waals surface area (Å²) >= 11 is 0. The first-order valence-electron chi connectivity index (χ1n) is 6.32. The molecular formula is C13H25N3O. The normalized spacial score (nSPS) is 19.5. The smallest absolute Gasteiger partial charge is 0.269 e. The Morgan fingerprint density at radius 2 is 1.88 bits per heavy atom. The quantitative estimate of drug-likeness (QED) is 0.713. The molecule has 17 heavy (non-hydrogen) atoms. The number of amides is 1. The summed E-state index contributed by atoms with van der Waals surface area (Å²) in [6, 6.07) is 0.505. The minimum Gasteiger partial charge on any atom is -0.395 e. The number of hydrogen-bond acceptors (Lipinski definition) is 3. The zero-order chi connectivity index (χ0) is 13.1. The molecule has 1 fully saturated rings. The second-order valence-corrected chi connectivity index (χ2v) is 5.70. The Hall–Kier alpha value is -1.03. The summed E-state index contributed by atoms with van der Waals surface area (Å²) in [6.07, 6.45) is 3.67. The van der Waals surface area contributed by atoms with Crippen molar-refractivity contribution in [3.8, 4) is 0 Å². The Bertz CT molecular complexity index is 296. The van der Waals surface area contributed by atoms with Crippen molar-refractivity contribution in [3.05, 3.63) is 11.8 Å². The van der Waals surface area contributed by atoms with Crippen molar-refractivity contribution < 1.29 is 4.79 Å². The van der Waals surface area contributed by atoms with Gasteiger partial charge in [0, 0.05) is 24.7 Å². The Morgan fingerprint density at radius 1 is 1.35 bits per heavy atom. The molecule has 0 saturated carbocycles. The molecule has 0 aliphatic carbocycles. The molecule has 1 aliphatic rings. The second-order valence-electron chi connectivity index (χ2n) is 5.70. The van der Waals surface area contributed by atoms with Crippen molar-refractivity contribution in [1.82, 2.24) is 10.2 Å². The maximum Gasteiger partial charge on any atom is 0.269 e. The van der Waals surface area contributed by atoms with Crippen LogP contribution in [0.3, 0.4) is 0 Å². The number of allylic oxidation sites excluding steroid dienone is 1. The van der Waals surface area contributed by atoms with Crippen LogP contribution >= 0.6 is 0 Å². The zero-order valence-corrected chi connectivity index (χ0v) is 11.4. The minimum absolute atomic E-state index is 0.0262. The van der Waals surface area contributed by atoms with Crippen LogP contribution in [0.4, 0.5) is 0 Å². The summed E-state index contributed by atoms with van der Waals surface area (Å²) in [5.41, 5.74) is 6.13. The average Bonchev–Trinajstić information content (AvgIpc) is 2.26. The fourth-order valence-corrected chi connectivity index (χ4v) is 2.15. The van der Waals surface area contributed by atoms with Crippen LogP contribution in [0.15, 0.2) is 11.8 Å². The maximum atomic E-state index is 11.8. The molecule has 1 aliphatic heterocycles. The highest BCUT2D eigenvalue weighted by atomic mass is 16.2. The van der Waals surface area contributed by atoms with Gasteiger partial charge in [-0.25, -0.2) is 0 Å². The minimum atomic E-state index is -0.0262. The predicted molar refractivity (Wildman–Crippen MR) is 70.4 cm³/mol. The third-order valence-electron chi connectivity index (χ3n) is 2.98. The molecule has 1 amide bonds. The Morgan fingerprint density at radius 3 is 2.29 bits per heavy atom. The van der Waals surface area contributed by atoms with Crippen molar-refractivity contribution in [2.24, 2.45) is 5.73 Å². The van der Waals surface area contributed by atoms with Gasteiger partial charge in [0.1, 0.15) is 0 Å². The number of nitrogens with two attached hydrogens (primary N) is 1. The molecule has 98 valence electrons. The highest BCUT2D eigenvalue weighted by Crippen LogP contribution is 2.14. The van der Waals surface area contributed by atoms with Crippen LogP contribution < -0.4 is 11.1 Å². The van der Waals surface area contributed by atoms with Gasteiger partial charge in [-0.3, -0.25) is 4.79 Å². The van der Waals surface area contributed by atoms with Crippen LogP contribution in [0, 0.1) is 0 Å². The van der Waals surface area contributed by atoms with Gasteiger partial charge < -0.3 is 16.0 Å². The predicted octanol–water partition coefficient (Wildman–Crippen LogP) is 1.23. The summed E-state index contributed by atoms with van der Waals surface area (Å²) in [7, 11) is 0. The number of piperidine rings is 1. The summed E-state index contributed by atoms with van der Waals surface area (Å²) < 4.78 is 0. The van der Waals surface area contributed by atoms with Crippen LogP contribution in [-0.2, 0) is 4.79 Å². The number of hydrogen-bond donors (Lipinski definition) is 2. The molecule has 0 spiro atoms. The average molecular weight is 239 g/mol. The lowest BCUT2D eigenvalue weighted by Crippen LogP contribution is -2.50. The Balaban J connectivity index is 2.44. The van der Waals surface area contributed by atoms with E-state index in [0.29, 0.717) is 11.7 Å². The van der Waals surface area contributed by atoms with E-state index in [1.165, 1.54) is 0 Å². The molecule has 0 unspecified atom stereocenters. The van der Waals surface area contributed by atoms with E-state index in [1.807, 2.05) is 4.90 Å². The molecule has 0 radical (unpaired) electrons. The Labute approximate surface area is 104 Å². The zero-order valence-electron chi connectivity index (χ0n) is 11.4. The molecule has 0 aromatic rings. The number of rotatable bonds is 2. The highest BCUT2D eigenvalue weighted by Gasteiger charge is 2.25. The number of carbonyl (C=O) groups is 1. The molecule has 1 saturated heterocycles. The summed E-state index contributed by atoms with van der Waals surface area (Å²) in [4.78, 5) is 13.7. The van der Waals surface area contributed by atoms with Gasteiger partial charge in [-0.05, 0) is 40.5 Å². The third kappa shape index (κ3) is 4.38. The van der Waals surface area contributed by atoms with Crippen LogP contribution in [0.2, 0.25) is 0 Å². The monoisotopic (exact) mass is 239 g/mol. The molecular weight excluding hydrogens is 214 g/mol. The maximum absolute atomic E-state index is 11.8. The van der Waals surface area contributed by atoms with Crippen molar-refractivity contribution in [2.45, 2.75) is 52.1 Å². The van der Waals surface area contributed by atoms with Crippen LogP contribution in [0.25, 0.3) is 0 Å². The molecule has 0 bridgehead atoms. The van der Waals surface area contributed by atoms with Crippen molar-refractivity contribution in [2.75, 3.05) is 13.1 Å². The van der Waals surface area contributed by atoms with Gasteiger partial charge in [-0.2, -0.15) is 0 Å². The number of carbonyl (C=O) groups excluding carboxylic acids is 1. The van der Waals surface area contributed by atoms with Gasteiger partial charge in [-0.15, -0.1) is 0 Å². The Kier molecular flexibility index (Phi) is 4.57. The summed E-state index contributed by atoms with van der Waals surface area (Å²) in [6.45, 7) is 9.89. The van der Waals surface area contributed by atoms with Gasteiger partial charge in [0.2, 0.25) is 0 Å². The largest absolute Gasteiger partial charge is 0.395 e. The van der Waals surface area contributed by atoms with E-state index in [1.54, 1.807) is 13.0 Å². The fraction of sp³-hybridized carbons (Fsp3) is 0.769. The van der Waals surface area contributed by atoms with Gasteiger partial charge >= 0.3 is 0 Å². The van der Waals surface area contributed by atoms with Gasteiger partial charge in [0.15, 0.2) is 0 Å². The molecule has 0 aromatic heterocycles. The molecule has 0 atom stereocenters. The topological polar surface area (TPSA) is 58.4 Å². The first kappa shape index (κ1) is 14.0. The lowest BCUT2D eigenvalue weighted by Gasteiger charge is -2.36. The molecule has 3 N–H and O–H groups in total. The summed E-state index contributed by atoms with van der Waals surface area (Å²) in [5, 5.41) is 3.58. The lowest BCUT2D eigenvalue weighted by atomic mass is 10.00. The van der Waals surface area contributed by atoms with E-state index in [9.17, 15) is 4.79 Å². The number of nitrogens with one attached hydrogen (secondary N) is 1. The first-order valence-corrected chi connectivity index (χ1v) is 6.32. The van der Waals surface area contributed by atoms with Crippen LogP contribution in [-0.4, -0.2) is 35.5 Å². The lowest BCUT2D eigenvalue weighted by molar-refractivity contribution is -0.128. The van der Waals surface area contributed by atoms with Crippen LogP contribution in [0.5, 0.6) is 0 Å². The van der Waals surface area contributed by atoms with Crippen molar-refractivity contribution >= 4 is 5.91 Å². The molecule has 4 nitrogen and oxygen atoms in total. The number of likely N-dealkylation sites (tertiary alicyclic amines) is 1. The molecule has 1 heterocycles. The van der Waals surface area contributed by atoms with Crippen LogP contribution in [0.1, 0.15) is 40.5 Å². The third-order valence-corrected chi connectivity index (χ3v) is 2.98. The van der Waals surface area contributed by atoms with Crippen molar-refractivity contribution in [1.29, 1.82) is 0 Å². The fourth-order valence-electron chi connectivity index (χ4n) is 2.15. The van der Waals surface area contributed by atoms with Gasteiger partial charge in [0.25, 0.3) is 5.91 Å². The van der Waals surface area contributed by atoms with Gasteiger partial charge in [-0.1, -0.05) is 6.08 Å². The van der Waals surface area contributed by atoms with Crippen molar-refractivity contribution in [3.63, 3.8) is 0 Å². The SMILES string of the molecule is C/C=C(\N)C(=O)N1CCC(NC(C)(C)C)CC1. The van der Waals surface area contributed by atoms with Gasteiger partial charge in [0.05, 0.1) is 5.70 Å². The van der Waals surface area contributed by atoms with E-state index in [0.717, 1.165) is 25.9 Å². The standard InChI is InChI=1S/C13H25N3O/c1-5-11(14)12(17)16-8-6-10(7-9-16)15-13(2,3)4/h5,10,15H,6-9,14H2,1-4H3/b11-5-. The van der Waals surface area contributed by atoms with E-state index < -0.39 is 0 Å².